The predicted octanol–water partition coefficient (Wildman–Crippen LogP) is 1.37. The number of nitrogens with one attached hydrogen (secondary N) is 1. The zero-order valence-electron chi connectivity index (χ0n) is 13.3. The van der Waals surface area contributed by atoms with Crippen molar-refractivity contribution in [3.63, 3.8) is 0 Å². The SMILES string of the molecule is CCCNC(CS(C)(=O)=O)C1CCOC2(CCOCC2)C1. The molecule has 0 radical (unpaired) electrons. The minimum Gasteiger partial charge on any atom is -0.381 e. The molecule has 0 aromatic carbocycles. The second-order valence-corrected chi connectivity index (χ2v) is 8.73. The maximum Gasteiger partial charge on any atom is 0.148 e. The van der Waals surface area contributed by atoms with Crippen molar-refractivity contribution in [1.29, 1.82) is 0 Å². The third kappa shape index (κ3) is 5.20. The van der Waals surface area contributed by atoms with Crippen LogP contribution < -0.4 is 5.32 Å². The molecule has 1 N–H and O–H groups in total. The van der Waals surface area contributed by atoms with Gasteiger partial charge in [0.2, 0.25) is 0 Å². The topological polar surface area (TPSA) is 64.6 Å². The number of sulfone groups is 1. The first kappa shape index (κ1) is 17.2. The molecule has 5 nitrogen and oxygen atoms in total. The molecule has 2 heterocycles. The summed E-state index contributed by atoms with van der Waals surface area (Å²) in [7, 11) is -2.97. The molecule has 0 saturated carbocycles. The Balaban J connectivity index is 2.03. The molecule has 0 amide bonds. The Labute approximate surface area is 128 Å². The van der Waals surface area contributed by atoms with Gasteiger partial charge in [0.1, 0.15) is 9.84 Å². The van der Waals surface area contributed by atoms with Crippen molar-refractivity contribution in [2.75, 3.05) is 38.4 Å². The predicted molar refractivity (Wildman–Crippen MR) is 83.3 cm³/mol. The smallest absolute Gasteiger partial charge is 0.148 e. The van der Waals surface area contributed by atoms with Crippen LogP contribution in [0.2, 0.25) is 0 Å². The first-order valence-electron chi connectivity index (χ1n) is 8.07. The van der Waals surface area contributed by atoms with Gasteiger partial charge in [-0.3, -0.25) is 0 Å². The van der Waals surface area contributed by atoms with E-state index in [1.165, 1.54) is 6.26 Å². The first-order valence-corrected chi connectivity index (χ1v) is 10.1. The van der Waals surface area contributed by atoms with Crippen LogP contribution in [0.1, 0.15) is 39.0 Å². The lowest BCUT2D eigenvalue weighted by Crippen LogP contribution is -2.51. The highest BCUT2D eigenvalue weighted by molar-refractivity contribution is 7.90. The molecule has 1 spiro atoms. The number of rotatable bonds is 6. The fourth-order valence-electron chi connectivity index (χ4n) is 3.52. The molecule has 0 aromatic rings. The van der Waals surface area contributed by atoms with Gasteiger partial charge in [0.25, 0.3) is 0 Å². The molecule has 124 valence electrons. The van der Waals surface area contributed by atoms with Crippen LogP contribution in [0, 0.1) is 5.92 Å². The summed E-state index contributed by atoms with van der Waals surface area (Å²) in [6.45, 7) is 5.22. The summed E-state index contributed by atoms with van der Waals surface area (Å²) in [5.74, 6) is 0.600. The van der Waals surface area contributed by atoms with E-state index >= 15 is 0 Å². The molecular formula is C15H29NO4S. The van der Waals surface area contributed by atoms with Gasteiger partial charge in [-0.25, -0.2) is 8.42 Å². The van der Waals surface area contributed by atoms with E-state index in [1.807, 2.05) is 0 Å². The van der Waals surface area contributed by atoms with Gasteiger partial charge in [0, 0.05) is 32.1 Å². The van der Waals surface area contributed by atoms with Crippen LogP contribution >= 0.6 is 0 Å². The zero-order chi connectivity index (χ0) is 15.3. The van der Waals surface area contributed by atoms with E-state index < -0.39 is 9.84 Å². The third-order valence-electron chi connectivity index (χ3n) is 4.64. The van der Waals surface area contributed by atoms with Crippen molar-refractivity contribution in [3.05, 3.63) is 0 Å². The van der Waals surface area contributed by atoms with E-state index in [0.717, 1.165) is 58.5 Å². The molecule has 2 rings (SSSR count). The van der Waals surface area contributed by atoms with Crippen LogP contribution in [-0.4, -0.2) is 58.4 Å². The average molecular weight is 319 g/mol. The average Bonchev–Trinajstić information content (AvgIpc) is 2.43. The van der Waals surface area contributed by atoms with Gasteiger partial charge in [0.05, 0.1) is 11.4 Å². The quantitative estimate of drug-likeness (QED) is 0.801. The second kappa shape index (κ2) is 7.40. The molecule has 2 aliphatic rings. The van der Waals surface area contributed by atoms with Crippen LogP contribution in [-0.2, 0) is 19.3 Å². The van der Waals surface area contributed by atoms with Crippen molar-refractivity contribution < 1.29 is 17.9 Å². The van der Waals surface area contributed by atoms with Crippen LogP contribution in [0.3, 0.4) is 0 Å². The second-order valence-electron chi connectivity index (χ2n) is 6.55. The molecule has 6 heteroatoms. The highest BCUT2D eigenvalue weighted by Crippen LogP contribution is 2.38. The molecule has 21 heavy (non-hydrogen) atoms. The Morgan fingerprint density at radius 3 is 2.62 bits per heavy atom. The molecule has 2 fully saturated rings. The van der Waals surface area contributed by atoms with Crippen LogP contribution in [0.4, 0.5) is 0 Å². The first-order chi connectivity index (χ1) is 9.94. The molecule has 0 aromatic heterocycles. The summed E-state index contributed by atoms with van der Waals surface area (Å²) in [5.41, 5.74) is -0.0786. The van der Waals surface area contributed by atoms with E-state index in [4.69, 9.17) is 9.47 Å². The molecule has 2 unspecified atom stereocenters. The molecule has 2 saturated heterocycles. The molecule has 0 aliphatic carbocycles. The van der Waals surface area contributed by atoms with Gasteiger partial charge in [-0.15, -0.1) is 0 Å². The minimum atomic E-state index is -2.97. The van der Waals surface area contributed by atoms with E-state index in [0.29, 0.717) is 5.92 Å². The summed E-state index contributed by atoms with van der Waals surface area (Å²) in [6.07, 6.45) is 6.11. The highest BCUT2D eigenvalue weighted by Gasteiger charge is 2.41. The maximum atomic E-state index is 11.7. The van der Waals surface area contributed by atoms with Gasteiger partial charge in [-0.1, -0.05) is 6.92 Å². The third-order valence-corrected chi connectivity index (χ3v) is 5.61. The van der Waals surface area contributed by atoms with E-state index in [1.54, 1.807) is 0 Å². The summed E-state index contributed by atoms with van der Waals surface area (Å²) in [6, 6.07) is 0.0450. The monoisotopic (exact) mass is 319 g/mol. The van der Waals surface area contributed by atoms with Crippen LogP contribution in [0.15, 0.2) is 0 Å². The van der Waals surface area contributed by atoms with E-state index in [2.05, 4.69) is 12.2 Å². The van der Waals surface area contributed by atoms with Crippen LogP contribution in [0.5, 0.6) is 0 Å². The van der Waals surface area contributed by atoms with Crippen molar-refractivity contribution in [2.45, 2.75) is 50.7 Å². The lowest BCUT2D eigenvalue weighted by Gasteiger charge is -2.45. The van der Waals surface area contributed by atoms with Crippen molar-refractivity contribution in [2.24, 2.45) is 5.92 Å². The Kier molecular flexibility index (Phi) is 6.05. The van der Waals surface area contributed by atoms with E-state index in [-0.39, 0.29) is 17.4 Å². The normalized spacial score (nSPS) is 27.6. The lowest BCUT2D eigenvalue weighted by atomic mass is 9.78. The zero-order valence-corrected chi connectivity index (χ0v) is 14.1. The number of hydrogen-bond donors (Lipinski definition) is 1. The van der Waals surface area contributed by atoms with Crippen molar-refractivity contribution >= 4 is 9.84 Å². The molecule has 2 aliphatic heterocycles. The van der Waals surface area contributed by atoms with Gasteiger partial charge in [0.15, 0.2) is 0 Å². The standard InChI is InChI=1S/C15H29NO4S/c1-3-7-16-14(12-21(2,17)18)13-4-8-20-15(11-13)5-9-19-10-6-15/h13-14,16H,3-12H2,1-2H3. The summed E-state index contributed by atoms with van der Waals surface area (Å²) < 4.78 is 35.0. The highest BCUT2D eigenvalue weighted by atomic mass is 32.2. The Bertz CT molecular complexity index is 412. The van der Waals surface area contributed by atoms with Gasteiger partial charge >= 0.3 is 0 Å². The van der Waals surface area contributed by atoms with Crippen LogP contribution in [0.25, 0.3) is 0 Å². The molecular weight excluding hydrogens is 290 g/mol. The molecule has 2 atom stereocenters. The van der Waals surface area contributed by atoms with Gasteiger partial charge in [-0.2, -0.15) is 0 Å². The Hall–Kier alpha value is -0.170. The summed E-state index contributed by atoms with van der Waals surface area (Å²) in [5, 5.41) is 3.45. The fraction of sp³-hybridized carbons (Fsp3) is 1.00. The van der Waals surface area contributed by atoms with Gasteiger partial charge < -0.3 is 14.8 Å². The maximum absolute atomic E-state index is 11.7. The van der Waals surface area contributed by atoms with Gasteiger partial charge in [-0.05, 0) is 44.6 Å². The summed E-state index contributed by atoms with van der Waals surface area (Å²) >= 11 is 0. The number of hydrogen-bond acceptors (Lipinski definition) is 5. The Morgan fingerprint density at radius 2 is 2.00 bits per heavy atom. The fourth-order valence-corrected chi connectivity index (χ4v) is 4.56. The number of ether oxygens (including phenoxy) is 2. The largest absolute Gasteiger partial charge is 0.381 e. The summed E-state index contributed by atoms with van der Waals surface area (Å²) in [4.78, 5) is 0. The van der Waals surface area contributed by atoms with Crippen molar-refractivity contribution in [1.82, 2.24) is 5.32 Å². The molecule has 0 bridgehead atoms. The lowest BCUT2D eigenvalue weighted by molar-refractivity contribution is -0.149. The minimum absolute atomic E-state index is 0.0450. The van der Waals surface area contributed by atoms with E-state index in [9.17, 15) is 8.42 Å². The Morgan fingerprint density at radius 1 is 1.29 bits per heavy atom. The van der Waals surface area contributed by atoms with Crippen molar-refractivity contribution in [3.8, 4) is 0 Å².